The Morgan fingerprint density at radius 3 is 2.79 bits per heavy atom. The zero-order chi connectivity index (χ0) is 14.3. The highest BCUT2D eigenvalue weighted by Crippen LogP contribution is 2.26. The largest absolute Gasteiger partial charge is 0.504 e. The molecule has 0 aliphatic heterocycles. The van der Waals surface area contributed by atoms with E-state index in [1.807, 2.05) is 0 Å². The maximum absolute atomic E-state index is 11.3. The summed E-state index contributed by atoms with van der Waals surface area (Å²) in [6.07, 6.45) is 2.72. The van der Waals surface area contributed by atoms with Crippen molar-refractivity contribution in [2.45, 2.75) is 6.42 Å². The first-order chi connectivity index (χ1) is 9.02. The van der Waals surface area contributed by atoms with Gasteiger partial charge in [-0.25, -0.2) is 4.79 Å². The van der Waals surface area contributed by atoms with Gasteiger partial charge in [-0.1, -0.05) is 6.07 Å². The molecule has 0 spiro atoms. The third-order valence-electron chi connectivity index (χ3n) is 2.21. The van der Waals surface area contributed by atoms with Crippen molar-refractivity contribution in [3.63, 3.8) is 0 Å². The van der Waals surface area contributed by atoms with Gasteiger partial charge in [-0.15, -0.1) is 0 Å². The van der Waals surface area contributed by atoms with E-state index >= 15 is 0 Å². The van der Waals surface area contributed by atoms with Gasteiger partial charge in [-0.05, 0) is 23.8 Å². The Hall–Kier alpha value is -2.50. The highest BCUT2D eigenvalue weighted by Gasteiger charge is 2.02. The van der Waals surface area contributed by atoms with Crippen molar-refractivity contribution >= 4 is 18.0 Å². The number of amides is 1. The van der Waals surface area contributed by atoms with E-state index in [1.54, 1.807) is 12.1 Å². The Balaban J connectivity index is 2.56. The van der Waals surface area contributed by atoms with Crippen LogP contribution in [0.5, 0.6) is 11.5 Å². The fourth-order valence-electron chi connectivity index (χ4n) is 1.26. The lowest BCUT2D eigenvalue weighted by molar-refractivity contribution is -0.138. The molecule has 6 heteroatoms. The molecule has 102 valence electrons. The second-order valence-electron chi connectivity index (χ2n) is 3.65. The van der Waals surface area contributed by atoms with E-state index < -0.39 is 11.9 Å². The fourth-order valence-corrected chi connectivity index (χ4v) is 1.26. The topological polar surface area (TPSA) is 98.9 Å². The Kier molecular flexibility index (Phi) is 5.40. The molecule has 0 saturated heterocycles. The summed E-state index contributed by atoms with van der Waals surface area (Å²) in [5, 5.41) is 9.40. The number of esters is 1. The van der Waals surface area contributed by atoms with Crippen molar-refractivity contribution in [2.75, 3.05) is 13.7 Å². The maximum atomic E-state index is 11.3. The van der Waals surface area contributed by atoms with Crippen molar-refractivity contribution in [3.8, 4) is 11.5 Å². The van der Waals surface area contributed by atoms with Crippen molar-refractivity contribution in [1.29, 1.82) is 0 Å². The number of hydrogen-bond acceptors (Lipinski definition) is 5. The highest BCUT2D eigenvalue weighted by molar-refractivity contribution is 5.87. The normalized spacial score (nSPS) is 10.4. The minimum Gasteiger partial charge on any atom is -0.504 e. The van der Waals surface area contributed by atoms with Crippen LogP contribution in [0.25, 0.3) is 6.08 Å². The molecule has 0 radical (unpaired) electrons. The van der Waals surface area contributed by atoms with Gasteiger partial charge in [-0.3, -0.25) is 4.79 Å². The summed E-state index contributed by atoms with van der Waals surface area (Å²) in [7, 11) is 1.43. The molecule has 0 atom stereocenters. The Labute approximate surface area is 110 Å². The first kappa shape index (κ1) is 14.6. The van der Waals surface area contributed by atoms with Gasteiger partial charge >= 0.3 is 5.97 Å². The zero-order valence-electron chi connectivity index (χ0n) is 10.5. The highest BCUT2D eigenvalue weighted by atomic mass is 16.5. The van der Waals surface area contributed by atoms with Crippen LogP contribution in [0.1, 0.15) is 12.0 Å². The molecule has 0 aliphatic carbocycles. The van der Waals surface area contributed by atoms with Crippen LogP contribution in [0.3, 0.4) is 0 Å². The second kappa shape index (κ2) is 7.05. The van der Waals surface area contributed by atoms with Gasteiger partial charge in [-0.2, -0.15) is 0 Å². The minimum atomic E-state index is -0.576. The molecule has 0 aliphatic rings. The number of aromatic hydroxyl groups is 1. The van der Waals surface area contributed by atoms with E-state index in [1.165, 1.54) is 25.3 Å². The zero-order valence-corrected chi connectivity index (χ0v) is 10.5. The lowest BCUT2D eigenvalue weighted by Gasteiger charge is -2.03. The molecule has 0 fully saturated rings. The molecule has 1 aromatic rings. The number of benzene rings is 1. The van der Waals surface area contributed by atoms with E-state index in [9.17, 15) is 14.7 Å². The number of primary amides is 1. The smallest absolute Gasteiger partial charge is 0.330 e. The fraction of sp³-hybridized carbons (Fsp3) is 0.231. The summed E-state index contributed by atoms with van der Waals surface area (Å²) in [6, 6.07) is 4.64. The predicted molar refractivity (Wildman–Crippen MR) is 68.5 cm³/mol. The molecule has 3 N–H and O–H groups in total. The number of nitrogens with two attached hydrogens (primary N) is 1. The number of carbonyl (C=O) groups is 2. The van der Waals surface area contributed by atoms with Gasteiger partial charge in [0.15, 0.2) is 11.5 Å². The van der Waals surface area contributed by atoms with Crippen molar-refractivity contribution in [1.82, 2.24) is 0 Å². The van der Waals surface area contributed by atoms with Gasteiger partial charge in [0.25, 0.3) is 0 Å². The van der Waals surface area contributed by atoms with Crippen molar-refractivity contribution < 1.29 is 24.2 Å². The Morgan fingerprint density at radius 2 is 2.16 bits per heavy atom. The van der Waals surface area contributed by atoms with E-state index in [4.69, 9.17) is 15.2 Å². The van der Waals surface area contributed by atoms with E-state index in [0.717, 1.165) is 0 Å². The Bertz CT molecular complexity index is 496. The molecule has 0 saturated carbocycles. The molecule has 1 amide bonds. The van der Waals surface area contributed by atoms with Crippen LogP contribution in [-0.4, -0.2) is 30.7 Å². The molecule has 0 unspecified atom stereocenters. The van der Waals surface area contributed by atoms with Crippen LogP contribution in [0.15, 0.2) is 24.3 Å². The van der Waals surface area contributed by atoms with E-state index in [-0.39, 0.29) is 18.8 Å². The monoisotopic (exact) mass is 265 g/mol. The number of ether oxygens (including phenoxy) is 2. The Morgan fingerprint density at radius 1 is 1.42 bits per heavy atom. The number of methoxy groups -OCH3 is 1. The maximum Gasteiger partial charge on any atom is 0.330 e. The molecule has 19 heavy (non-hydrogen) atoms. The van der Waals surface area contributed by atoms with Crippen LogP contribution >= 0.6 is 0 Å². The molecule has 0 bridgehead atoms. The molecular formula is C13H15NO5. The third kappa shape index (κ3) is 5.12. The SMILES string of the molecule is COc1cc(/C=C/C(=O)OCCC(N)=O)ccc1O. The molecule has 1 rings (SSSR count). The van der Waals surface area contributed by atoms with Gasteiger partial charge < -0.3 is 20.3 Å². The number of hydrogen-bond donors (Lipinski definition) is 2. The van der Waals surface area contributed by atoms with Gasteiger partial charge in [0.05, 0.1) is 13.5 Å². The first-order valence-corrected chi connectivity index (χ1v) is 5.53. The number of carbonyl (C=O) groups excluding carboxylic acids is 2. The molecule has 0 heterocycles. The second-order valence-corrected chi connectivity index (χ2v) is 3.65. The predicted octanol–water partition coefficient (Wildman–Crippen LogP) is 0.833. The summed E-state index contributed by atoms with van der Waals surface area (Å²) < 4.78 is 9.68. The van der Waals surface area contributed by atoms with Crippen molar-refractivity contribution in [2.24, 2.45) is 5.73 Å². The minimum absolute atomic E-state index is 0.00733. The lowest BCUT2D eigenvalue weighted by Crippen LogP contribution is -2.14. The number of phenolic OH excluding ortho intramolecular Hbond substituents is 1. The van der Waals surface area contributed by atoms with E-state index in [2.05, 4.69) is 0 Å². The van der Waals surface area contributed by atoms with Crippen LogP contribution < -0.4 is 10.5 Å². The summed E-state index contributed by atoms with van der Waals surface area (Å²) >= 11 is 0. The number of phenols is 1. The molecule has 0 aromatic heterocycles. The van der Waals surface area contributed by atoms with Crippen LogP contribution in [0.2, 0.25) is 0 Å². The van der Waals surface area contributed by atoms with Gasteiger partial charge in [0, 0.05) is 6.08 Å². The van der Waals surface area contributed by atoms with Crippen LogP contribution in [0.4, 0.5) is 0 Å². The van der Waals surface area contributed by atoms with Crippen LogP contribution in [0, 0.1) is 0 Å². The summed E-state index contributed by atoms with van der Waals surface area (Å²) in [5.41, 5.74) is 5.57. The average molecular weight is 265 g/mol. The average Bonchev–Trinajstić information content (AvgIpc) is 2.37. The van der Waals surface area contributed by atoms with Gasteiger partial charge in [0.1, 0.15) is 6.61 Å². The summed E-state index contributed by atoms with van der Waals surface area (Å²) in [4.78, 5) is 21.7. The first-order valence-electron chi connectivity index (χ1n) is 5.53. The van der Waals surface area contributed by atoms with Crippen molar-refractivity contribution in [3.05, 3.63) is 29.8 Å². The quantitative estimate of drug-likeness (QED) is 0.586. The van der Waals surface area contributed by atoms with Crippen LogP contribution in [-0.2, 0) is 14.3 Å². The standard InChI is InChI=1S/C13H15NO5/c1-18-11-8-9(2-4-10(11)15)3-5-13(17)19-7-6-12(14)16/h2-5,8,15H,6-7H2,1H3,(H2,14,16)/b5-3+. The summed E-state index contributed by atoms with van der Waals surface area (Å²) in [5.74, 6) is -0.777. The summed E-state index contributed by atoms with van der Waals surface area (Å²) in [6.45, 7) is -0.0442. The van der Waals surface area contributed by atoms with Gasteiger partial charge in [0.2, 0.25) is 5.91 Å². The molecule has 6 nitrogen and oxygen atoms in total. The third-order valence-corrected chi connectivity index (χ3v) is 2.21. The molecular weight excluding hydrogens is 250 g/mol. The van der Waals surface area contributed by atoms with E-state index in [0.29, 0.717) is 11.3 Å². The lowest BCUT2D eigenvalue weighted by atomic mass is 10.2. The number of rotatable bonds is 6. The molecule has 1 aromatic carbocycles.